The fraction of sp³-hybridized carbons (Fsp3) is 0.157. The van der Waals surface area contributed by atoms with Gasteiger partial charge >= 0.3 is 18.1 Å². The second-order valence-electron chi connectivity index (χ2n) is 21.2. The van der Waals surface area contributed by atoms with Gasteiger partial charge in [0.05, 0.1) is 30.3 Å². The second kappa shape index (κ2) is 31.0. The van der Waals surface area contributed by atoms with Crippen LogP contribution in [-0.4, -0.2) is 63.1 Å². The van der Waals surface area contributed by atoms with Gasteiger partial charge in [0.25, 0.3) is 0 Å². The van der Waals surface area contributed by atoms with E-state index in [2.05, 4.69) is 26.6 Å². The quantitative estimate of drug-likeness (QED) is 0.0628. The van der Waals surface area contributed by atoms with Crippen LogP contribution < -0.4 is 30.2 Å². The number of Topliss-reactive ketones (excluding diaryl/α,β-unsaturated/α-hetero) is 2. The molecule has 5 N–H and O–H groups in total. The molecule has 1 saturated heterocycles. The van der Waals surface area contributed by atoms with E-state index in [1.54, 1.807) is 215 Å². The number of hydrogen-bond donors (Lipinski definition) is 5. The zero-order valence-corrected chi connectivity index (χ0v) is 55.6. The molecule has 21 heteroatoms. The van der Waals surface area contributed by atoms with E-state index in [1.807, 2.05) is 24.3 Å². The number of aliphatic hydroxyl groups excluding tert-OH is 2. The van der Waals surface area contributed by atoms with Gasteiger partial charge in [0.1, 0.15) is 0 Å². The normalized spacial score (nSPS) is 15.5. The van der Waals surface area contributed by atoms with E-state index in [0.717, 1.165) is 4.47 Å². The first-order chi connectivity index (χ1) is 43.3. The summed E-state index contributed by atoms with van der Waals surface area (Å²) >= 11 is 39.3. The number of halogens is 7. The molecule has 14 nitrogen and oxygen atoms in total. The maximum atomic E-state index is 13.7. The number of nitrogens with one attached hydrogen (secondary N) is 2. The third kappa shape index (κ3) is 17.0. The van der Waals surface area contributed by atoms with Crippen LogP contribution >= 0.6 is 85.5 Å². The summed E-state index contributed by atoms with van der Waals surface area (Å²) in [6, 6.07) is 58.5. The molecule has 468 valence electrons. The Bertz CT molecular complexity index is 3980. The summed E-state index contributed by atoms with van der Waals surface area (Å²) in [5, 5.41) is 43.1. The molecule has 6 amide bonds. The number of ketones is 2. The number of amides is 6. The van der Waals surface area contributed by atoms with Gasteiger partial charge in [-0.2, -0.15) is 0 Å². The Labute approximate surface area is 566 Å². The molecule has 1 aliphatic rings. The van der Waals surface area contributed by atoms with Crippen molar-refractivity contribution >= 4 is 149 Å². The van der Waals surface area contributed by atoms with Crippen LogP contribution in [0.15, 0.2) is 223 Å². The van der Waals surface area contributed by atoms with E-state index in [4.69, 9.17) is 69.6 Å². The lowest BCUT2D eigenvalue weighted by atomic mass is 9.92. The number of hydrogen-bond acceptors (Lipinski definition) is 8. The highest BCUT2D eigenvalue weighted by Gasteiger charge is 2.57. The van der Waals surface area contributed by atoms with E-state index in [1.165, 1.54) is 33.4 Å². The average Bonchev–Trinajstić information content (AvgIpc) is 1.58. The molecule has 1 fully saturated rings. The molecule has 6 unspecified atom stereocenters. The van der Waals surface area contributed by atoms with Crippen molar-refractivity contribution < 1.29 is 39.3 Å². The molecular weight excluding hydrogens is 1350 g/mol. The Morgan fingerprint density at radius 2 is 0.846 bits per heavy atom. The molecule has 0 aliphatic carbocycles. The van der Waals surface area contributed by atoms with Crippen LogP contribution in [0.2, 0.25) is 30.1 Å². The van der Waals surface area contributed by atoms with Crippen molar-refractivity contribution in [2.45, 2.75) is 70.7 Å². The monoisotopic (exact) mass is 1400 g/mol. The van der Waals surface area contributed by atoms with Crippen LogP contribution in [0.3, 0.4) is 0 Å². The molecule has 1 aliphatic heterocycles. The smallest absolute Gasteiger partial charge is 0.332 e. The van der Waals surface area contributed by atoms with Crippen LogP contribution in [-0.2, 0) is 5.72 Å². The van der Waals surface area contributed by atoms with Gasteiger partial charge in [-0.1, -0.05) is 134 Å². The van der Waals surface area contributed by atoms with E-state index < -0.39 is 48.1 Å². The molecular formula is C70H61BrCl6N6O8. The lowest BCUT2D eigenvalue weighted by molar-refractivity contribution is 0.0371. The van der Waals surface area contributed by atoms with Gasteiger partial charge in [-0.25, -0.2) is 14.4 Å². The number of urea groups is 3. The summed E-state index contributed by atoms with van der Waals surface area (Å²) in [4.78, 5) is 69.6. The Morgan fingerprint density at radius 1 is 0.495 bits per heavy atom. The molecule has 0 radical (unpaired) electrons. The van der Waals surface area contributed by atoms with E-state index in [-0.39, 0.29) is 17.6 Å². The van der Waals surface area contributed by atoms with Gasteiger partial charge in [0.2, 0.25) is 0 Å². The van der Waals surface area contributed by atoms with Crippen LogP contribution in [0.5, 0.6) is 0 Å². The summed E-state index contributed by atoms with van der Waals surface area (Å²) < 4.78 is 0.852. The van der Waals surface area contributed by atoms with Crippen molar-refractivity contribution in [3.63, 3.8) is 0 Å². The fourth-order valence-electron chi connectivity index (χ4n) is 10.1. The number of nitrogens with zero attached hydrogens (tertiary/aromatic N) is 4. The molecule has 0 saturated carbocycles. The van der Waals surface area contributed by atoms with Crippen molar-refractivity contribution in [1.29, 1.82) is 0 Å². The molecule has 10 rings (SSSR count). The number of rotatable bonds is 15. The molecule has 6 atom stereocenters. The first-order valence-corrected chi connectivity index (χ1v) is 31.3. The Morgan fingerprint density at radius 3 is 1.25 bits per heavy atom. The van der Waals surface area contributed by atoms with Gasteiger partial charge < -0.3 is 26.0 Å². The maximum Gasteiger partial charge on any atom is 0.332 e. The van der Waals surface area contributed by atoms with Crippen molar-refractivity contribution in [2.75, 3.05) is 30.2 Å². The molecule has 0 aromatic heterocycles. The minimum absolute atomic E-state index is 0.100. The second-order valence-corrected chi connectivity index (χ2v) is 24.7. The zero-order chi connectivity index (χ0) is 65.8. The van der Waals surface area contributed by atoms with Crippen molar-refractivity contribution in [3.05, 3.63) is 281 Å². The third-order valence-electron chi connectivity index (χ3n) is 15.0. The average molecular weight is 1410 g/mol. The SMILES string of the molecule is CC(=O)c1cccc(C(O)C(C)N(C(=O)Nc2ccc(Cl)cc2)c2ccc(Cl)cc2)c1.CC(=O)c1cccc(C2(O)C(C)N(c3ccc(Cl)cc3)C(=O)N2c2ccc(Cl)cc2)c1.CC(C(O)c1cccc(Br)c1)N(C(=O)Nc1ccc(Cl)cc1)c1ccc(Cl)cc1. The maximum absolute atomic E-state index is 13.7. The number of carbonyl (C=O) groups excluding carboxylic acids is 5. The molecule has 9 aromatic carbocycles. The third-order valence-corrected chi connectivity index (χ3v) is 17.0. The topological polar surface area (TPSA) is 183 Å². The van der Waals surface area contributed by atoms with Crippen LogP contribution in [0.25, 0.3) is 0 Å². The largest absolute Gasteiger partial charge is 0.386 e. The Kier molecular flexibility index (Phi) is 23.6. The van der Waals surface area contributed by atoms with E-state index in [0.29, 0.717) is 92.1 Å². The van der Waals surface area contributed by atoms with Gasteiger partial charge in [-0.3, -0.25) is 29.2 Å². The highest BCUT2D eigenvalue weighted by Crippen LogP contribution is 2.45. The number of carbonyl (C=O) groups is 5. The molecule has 0 bridgehead atoms. The van der Waals surface area contributed by atoms with Crippen molar-refractivity contribution in [3.8, 4) is 0 Å². The summed E-state index contributed by atoms with van der Waals surface area (Å²) in [6.07, 6.45) is -1.94. The Hall–Kier alpha value is -7.77. The fourth-order valence-corrected chi connectivity index (χ4v) is 11.3. The predicted molar refractivity (Wildman–Crippen MR) is 371 cm³/mol. The number of aliphatic hydroxyl groups is 3. The van der Waals surface area contributed by atoms with Gasteiger partial charge in [0.15, 0.2) is 17.3 Å². The molecule has 0 spiro atoms. The standard InChI is InChI=1S/C24H20Cl2N2O3.C24H22Cl2N2O3.C22H19BrCl2N2O2/c1-15(29)17-4-3-5-18(14-17)24(31)16(2)27(21-10-6-19(25)7-11-21)23(30)28(24)22-12-8-20(26)9-13-22;1-15(23(30)18-5-3-4-17(14-18)16(2)29)28(22-12-8-20(26)9-13-22)24(31)27-21-10-6-19(25)7-11-21;1-14(21(28)15-3-2-4-16(23)13-15)27(20-11-7-18(25)8-12-20)22(29)26-19-9-5-17(24)6-10-19/h3-14,16,31H,1-2H3;3-15,23,30H,1-2H3,(H,27,31);2-14,21,28H,1H3,(H,26,29). The number of benzene rings is 9. The van der Waals surface area contributed by atoms with Gasteiger partial charge in [-0.15, -0.1) is 0 Å². The highest BCUT2D eigenvalue weighted by atomic mass is 79.9. The number of anilines is 6. The summed E-state index contributed by atoms with van der Waals surface area (Å²) in [5.74, 6) is -0.230. The minimum atomic E-state index is -1.74. The van der Waals surface area contributed by atoms with Crippen LogP contribution in [0, 0.1) is 0 Å². The summed E-state index contributed by atoms with van der Waals surface area (Å²) in [6.45, 7) is 8.23. The van der Waals surface area contributed by atoms with Crippen molar-refractivity contribution in [1.82, 2.24) is 0 Å². The van der Waals surface area contributed by atoms with Crippen molar-refractivity contribution in [2.24, 2.45) is 0 Å². The zero-order valence-electron chi connectivity index (χ0n) is 49.5. The first kappa shape index (κ1) is 69.1. The van der Waals surface area contributed by atoms with Crippen LogP contribution in [0.4, 0.5) is 48.5 Å². The lowest BCUT2D eigenvalue weighted by Crippen LogP contribution is -2.48. The van der Waals surface area contributed by atoms with Crippen LogP contribution in [0.1, 0.15) is 84.2 Å². The first-order valence-electron chi connectivity index (χ1n) is 28.3. The van der Waals surface area contributed by atoms with E-state index >= 15 is 0 Å². The van der Waals surface area contributed by atoms with Gasteiger partial charge in [0, 0.05) is 85.4 Å². The lowest BCUT2D eigenvalue weighted by Gasteiger charge is -2.36. The molecule has 91 heavy (non-hydrogen) atoms. The minimum Gasteiger partial charge on any atom is -0.386 e. The van der Waals surface area contributed by atoms with E-state index in [9.17, 15) is 39.3 Å². The Balaban J connectivity index is 0.000000176. The van der Waals surface area contributed by atoms with Gasteiger partial charge in [-0.05, 0) is 216 Å². The predicted octanol–water partition coefficient (Wildman–Crippen LogP) is 19.1. The highest BCUT2D eigenvalue weighted by molar-refractivity contribution is 9.10. The summed E-state index contributed by atoms with van der Waals surface area (Å²) in [5.41, 5.74) is 4.29. The summed E-state index contributed by atoms with van der Waals surface area (Å²) in [7, 11) is 0. The molecule has 9 aromatic rings. The molecule has 1 heterocycles.